The zero-order valence-electron chi connectivity index (χ0n) is 10.00. The molecule has 1 aliphatic rings. The summed E-state index contributed by atoms with van der Waals surface area (Å²) >= 11 is 0. The van der Waals surface area contributed by atoms with Gasteiger partial charge in [0.1, 0.15) is 5.78 Å². The monoisotopic (exact) mass is 213 g/mol. The Morgan fingerprint density at radius 2 is 2.27 bits per heavy atom. The molecule has 0 aromatic rings. The maximum Gasteiger partial charge on any atom is 0.136 e. The molecule has 1 atom stereocenters. The number of Topliss-reactive ketones (excluding diaryl/α,β-unsaturated/α-hetero) is 1. The van der Waals surface area contributed by atoms with Crippen LogP contribution in [0.15, 0.2) is 0 Å². The minimum atomic E-state index is 0.349. The molecule has 0 aliphatic heterocycles. The van der Waals surface area contributed by atoms with Crippen molar-refractivity contribution in [2.45, 2.75) is 32.6 Å². The fourth-order valence-corrected chi connectivity index (χ4v) is 2.18. The van der Waals surface area contributed by atoms with Gasteiger partial charge in [0.2, 0.25) is 0 Å². The van der Waals surface area contributed by atoms with Crippen LogP contribution in [0.1, 0.15) is 32.6 Å². The molecule has 1 aliphatic carbocycles. The summed E-state index contributed by atoms with van der Waals surface area (Å²) in [6, 6.07) is 0. The highest BCUT2D eigenvalue weighted by Crippen LogP contribution is 2.24. The van der Waals surface area contributed by atoms with E-state index in [0.717, 1.165) is 51.9 Å². The standard InChI is InChI=1S/C12H23NO2/c1-3-13(9-10-15-2)8-7-11-5-4-6-12(11)14/h11H,3-10H2,1-2H3. The Hall–Kier alpha value is -0.410. The first kappa shape index (κ1) is 12.7. The number of methoxy groups -OCH3 is 1. The van der Waals surface area contributed by atoms with Gasteiger partial charge in [0.25, 0.3) is 0 Å². The van der Waals surface area contributed by atoms with Crippen LogP contribution in [-0.2, 0) is 9.53 Å². The van der Waals surface area contributed by atoms with Crippen LogP contribution in [0.2, 0.25) is 0 Å². The van der Waals surface area contributed by atoms with Gasteiger partial charge in [-0.3, -0.25) is 4.79 Å². The third-order valence-corrected chi connectivity index (χ3v) is 3.28. The van der Waals surface area contributed by atoms with Crippen LogP contribution in [0.3, 0.4) is 0 Å². The van der Waals surface area contributed by atoms with Crippen LogP contribution in [-0.4, -0.2) is 44.0 Å². The average molecular weight is 213 g/mol. The van der Waals surface area contributed by atoms with Gasteiger partial charge in [-0.25, -0.2) is 0 Å². The van der Waals surface area contributed by atoms with E-state index in [1.54, 1.807) is 7.11 Å². The third kappa shape index (κ3) is 4.31. The minimum Gasteiger partial charge on any atom is -0.383 e. The van der Waals surface area contributed by atoms with Crippen molar-refractivity contribution in [1.29, 1.82) is 0 Å². The number of carbonyl (C=O) groups excluding carboxylic acids is 1. The Balaban J connectivity index is 2.18. The van der Waals surface area contributed by atoms with Crippen molar-refractivity contribution < 1.29 is 9.53 Å². The zero-order chi connectivity index (χ0) is 11.1. The molecule has 1 unspecified atom stereocenters. The van der Waals surface area contributed by atoms with Crippen molar-refractivity contribution in [1.82, 2.24) is 4.90 Å². The van der Waals surface area contributed by atoms with Gasteiger partial charge in [0.15, 0.2) is 0 Å². The predicted molar refractivity (Wildman–Crippen MR) is 61.0 cm³/mol. The summed E-state index contributed by atoms with van der Waals surface area (Å²) in [5, 5.41) is 0. The van der Waals surface area contributed by atoms with Gasteiger partial charge in [0.05, 0.1) is 6.61 Å². The Morgan fingerprint density at radius 3 is 2.80 bits per heavy atom. The molecule has 1 fully saturated rings. The van der Waals surface area contributed by atoms with Crippen LogP contribution in [0.25, 0.3) is 0 Å². The normalized spacial score (nSPS) is 21.5. The fraction of sp³-hybridized carbons (Fsp3) is 0.917. The Bertz CT molecular complexity index is 194. The van der Waals surface area contributed by atoms with E-state index < -0.39 is 0 Å². The highest BCUT2D eigenvalue weighted by atomic mass is 16.5. The Morgan fingerprint density at radius 1 is 1.47 bits per heavy atom. The summed E-state index contributed by atoms with van der Waals surface area (Å²) in [7, 11) is 1.73. The predicted octanol–water partition coefficient (Wildman–Crippen LogP) is 1.71. The SMILES string of the molecule is CCN(CCOC)CCC1CCCC1=O. The molecule has 0 amide bonds. The number of ketones is 1. The molecule has 0 aromatic carbocycles. The summed E-state index contributed by atoms with van der Waals surface area (Å²) in [6.07, 6.45) is 4.07. The van der Waals surface area contributed by atoms with E-state index in [1.165, 1.54) is 0 Å². The van der Waals surface area contributed by atoms with Crippen molar-refractivity contribution in [3.63, 3.8) is 0 Å². The summed E-state index contributed by atoms with van der Waals surface area (Å²) in [5.41, 5.74) is 0. The molecular formula is C12H23NO2. The second kappa shape index (κ2) is 6.96. The van der Waals surface area contributed by atoms with E-state index in [0.29, 0.717) is 11.7 Å². The van der Waals surface area contributed by atoms with Gasteiger partial charge in [-0.1, -0.05) is 6.92 Å². The first-order valence-electron chi connectivity index (χ1n) is 6.02. The molecule has 15 heavy (non-hydrogen) atoms. The molecule has 1 rings (SSSR count). The molecular weight excluding hydrogens is 190 g/mol. The number of hydrogen-bond donors (Lipinski definition) is 0. The summed E-state index contributed by atoms with van der Waals surface area (Å²) in [4.78, 5) is 13.8. The highest BCUT2D eigenvalue weighted by Gasteiger charge is 2.24. The maximum absolute atomic E-state index is 11.4. The number of hydrogen-bond acceptors (Lipinski definition) is 3. The number of rotatable bonds is 7. The number of ether oxygens (including phenoxy) is 1. The molecule has 1 saturated carbocycles. The van der Waals surface area contributed by atoms with Crippen LogP contribution in [0.4, 0.5) is 0 Å². The number of nitrogens with zero attached hydrogens (tertiary/aromatic N) is 1. The Kier molecular flexibility index (Phi) is 5.88. The second-order valence-electron chi connectivity index (χ2n) is 4.27. The minimum absolute atomic E-state index is 0.349. The first-order valence-corrected chi connectivity index (χ1v) is 6.02. The molecule has 0 spiro atoms. The van der Waals surface area contributed by atoms with E-state index >= 15 is 0 Å². The fourth-order valence-electron chi connectivity index (χ4n) is 2.18. The lowest BCUT2D eigenvalue weighted by Crippen LogP contribution is -2.30. The lowest BCUT2D eigenvalue weighted by atomic mass is 10.0. The molecule has 0 saturated heterocycles. The second-order valence-corrected chi connectivity index (χ2v) is 4.27. The zero-order valence-corrected chi connectivity index (χ0v) is 10.00. The largest absolute Gasteiger partial charge is 0.383 e. The van der Waals surface area contributed by atoms with Crippen LogP contribution in [0.5, 0.6) is 0 Å². The van der Waals surface area contributed by atoms with Crippen LogP contribution >= 0.6 is 0 Å². The average Bonchev–Trinajstić information content (AvgIpc) is 2.65. The van der Waals surface area contributed by atoms with Crippen molar-refractivity contribution in [2.75, 3.05) is 33.4 Å². The molecule has 88 valence electrons. The lowest BCUT2D eigenvalue weighted by Gasteiger charge is -2.21. The maximum atomic E-state index is 11.4. The Labute approximate surface area is 92.8 Å². The van der Waals surface area contributed by atoms with Crippen molar-refractivity contribution in [2.24, 2.45) is 5.92 Å². The molecule has 0 aromatic heterocycles. The smallest absolute Gasteiger partial charge is 0.136 e. The van der Waals surface area contributed by atoms with E-state index in [1.807, 2.05) is 0 Å². The molecule has 0 radical (unpaired) electrons. The van der Waals surface area contributed by atoms with Crippen molar-refractivity contribution in [3.05, 3.63) is 0 Å². The quantitative estimate of drug-likeness (QED) is 0.645. The van der Waals surface area contributed by atoms with Gasteiger partial charge in [-0.2, -0.15) is 0 Å². The van der Waals surface area contributed by atoms with E-state index in [9.17, 15) is 4.79 Å². The topological polar surface area (TPSA) is 29.5 Å². The molecule has 3 nitrogen and oxygen atoms in total. The third-order valence-electron chi connectivity index (χ3n) is 3.28. The lowest BCUT2D eigenvalue weighted by molar-refractivity contribution is -0.120. The van der Waals surface area contributed by atoms with Gasteiger partial charge in [-0.15, -0.1) is 0 Å². The van der Waals surface area contributed by atoms with E-state index in [4.69, 9.17) is 4.74 Å². The van der Waals surface area contributed by atoms with E-state index in [2.05, 4.69) is 11.8 Å². The number of carbonyl (C=O) groups is 1. The van der Waals surface area contributed by atoms with Gasteiger partial charge >= 0.3 is 0 Å². The molecule has 3 heteroatoms. The van der Waals surface area contributed by atoms with Gasteiger partial charge in [-0.05, 0) is 32.4 Å². The van der Waals surface area contributed by atoms with Crippen molar-refractivity contribution in [3.8, 4) is 0 Å². The first-order chi connectivity index (χ1) is 7.27. The van der Waals surface area contributed by atoms with Gasteiger partial charge < -0.3 is 9.64 Å². The van der Waals surface area contributed by atoms with E-state index in [-0.39, 0.29) is 0 Å². The van der Waals surface area contributed by atoms with Gasteiger partial charge in [0, 0.05) is 26.0 Å². The molecule has 0 heterocycles. The molecule has 0 N–H and O–H groups in total. The summed E-state index contributed by atoms with van der Waals surface area (Å²) < 4.78 is 5.06. The molecule has 0 bridgehead atoms. The highest BCUT2D eigenvalue weighted by molar-refractivity contribution is 5.82. The van der Waals surface area contributed by atoms with Crippen LogP contribution < -0.4 is 0 Å². The van der Waals surface area contributed by atoms with Crippen molar-refractivity contribution >= 4 is 5.78 Å². The number of likely N-dealkylation sites (N-methyl/N-ethyl adjacent to an activating group) is 1. The summed E-state index contributed by atoms with van der Waals surface area (Å²) in [5.74, 6) is 0.833. The van der Waals surface area contributed by atoms with Crippen LogP contribution in [0, 0.1) is 5.92 Å². The summed E-state index contributed by atoms with van der Waals surface area (Å²) in [6.45, 7) is 6.01.